The molecule has 2 heteroatoms. The summed E-state index contributed by atoms with van der Waals surface area (Å²) in [6.07, 6.45) is 11.2. The van der Waals surface area contributed by atoms with E-state index in [9.17, 15) is 0 Å². The quantitative estimate of drug-likeness (QED) is 0.234. The van der Waals surface area contributed by atoms with Crippen molar-refractivity contribution >= 4 is 19.7 Å². The van der Waals surface area contributed by atoms with E-state index in [1.807, 2.05) is 12.3 Å². The van der Waals surface area contributed by atoms with Gasteiger partial charge in [0.15, 0.2) is 0 Å². The smallest absolute Gasteiger partial charge is 0.0747 e. The van der Waals surface area contributed by atoms with E-state index in [0.29, 0.717) is 0 Å². The van der Waals surface area contributed by atoms with E-state index in [2.05, 4.69) is 109 Å². The first-order valence-electron chi connectivity index (χ1n) is 12.5. The maximum Gasteiger partial charge on any atom is 0.0747 e. The van der Waals surface area contributed by atoms with Crippen LogP contribution in [-0.4, -0.2) is 4.98 Å². The van der Waals surface area contributed by atoms with E-state index in [1.165, 1.54) is 46.6 Å². The molecule has 1 aliphatic rings. The number of aromatic nitrogens is 1. The van der Waals surface area contributed by atoms with Gasteiger partial charge in [0.25, 0.3) is 0 Å². The molecule has 2 aromatic heterocycles. The third-order valence-corrected chi connectivity index (χ3v) is 9.60. The van der Waals surface area contributed by atoms with Crippen LogP contribution in [0.25, 0.3) is 39.3 Å². The van der Waals surface area contributed by atoms with Crippen LogP contribution < -0.4 is 0 Å². The van der Waals surface area contributed by atoms with E-state index in [1.54, 1.807) is 16.4 Å². The highest BCUT2D eigenvalue weighted by Gasteiger charge is 2.28. The third-order valence-electron chi connectivity index (χ3n) is 6.86. The largest absolute Gasteiger partial charge is 0.256 e. The summed E-state index contributed by atoms with van der Waals surface area (Å²) in [6.45, 7) is 0. The Morgan fingerprint density at radius 1 is 0.571 bits per heavy atom. The molecule has 6 rings (SSSR count). The summed E-state index contributed by atoms with van der Waals surface area (Å²) in [5.41, 5.74) is 8.10. The van der Waals surface area contributed by atoms with Gasteiger partial charge in [-0.1, -0.05) is 111 Å². The van der Waals surface area contributed by atoms with E-state index in [4.69, 9.17) is 4.98 Å². The fraction of sp³-hybridized carbons (Fsp3) is 0.121. The van der Waals surface area contributed by atoms with Gasteiger partial charge >= 0.3 is 0 Å². The van der Waals surface area contributed by atoms with Gasteiger partial charge in [-0.15, -0.1) is 0 Å². The standard InChI is InChI=1S/C33H28NP/c1-3-11-25(12-4-1)18-19-26-20-22-27(23-21-26)32-29-15-7-8-16-30(29)33(31-17-9-10-24-34-31)35(32)28-13-5-2-6-14-28/h1-6,9-14,17-24H,7-8,15-16H2/b19-18+. The number of hydrogen-bond acceptors (Lipinski definition) is 1. The molecule has 170 valence electrons. The Balaban J connectivity index is 1.50. The molecule has 0 amide bonds. The van der Waals surface area contributed by atoms with Crippen LogP contribution in [0.3, 0.4) is 0 Å². The minimum absolute atomic E-state index is 0.645. The normalized spacial score (nSPS) is 13.7. The lowest BCUT2D eigenvalue weighted by Gasteiger charge is -2.15. The summed E-state index contributed by atoms with van der Waals surface area (Å²) in [4.78, 5) is 4.85. The van der Waals surface area contributed by atoms with Gasteiger partial charge in [0.2, 0.25) is 0 Å². The molecule has 1 nitrogen and oxygen atoms in total. The second kappa shape index (κ2) is 9.90. The molecule has 3 aromatic carbocycles. The molecule has 1 atom stereocenters. The molecular formula is C33H28NP. The predicted molar refractivity (Wildman–Crippen MR) is 151 cm³/mol. The maximum absolute atomic E-state index is 4.85. The number of pyridine rings is 1. The molecule has 0 N–H and O–H groups in total. The van der Waals surface area contributed by atoms with Crippen LogP contribution in [0.1, 0.15) is 35.1 Å². The van der Waals surface area contributed by atoms with Crippen molar-refractivity contribution in [3.63, 3.8) is 0 Å². The van der Waals surface area contributed by atoms with Crippen LogP contribution >= 0.6 is 7.53 Å². The highest BCUT2D eigenvalue weighted by atomic mass is 31.1. The molecular weight excluding hydrogens is 441 g/mol. The van der Waals surface area contributed by atoms with E-state index in [-0.39, 0.29) is 0 Å². The van der Waals surface area contributed by atoms with Crippen molar-refractivity contribution in [1.82, 2.24) is 4.98 Å². The second-order valence-electron chi connectivity index (χ2n) is 9.11. The van der Waals surface area contributed by atoms with E-state index in [0.717, 1.165) is 12.1 Å². The molecule has 0 saturated carbocycles. The average molecular weight is 470 g/mol. The maximum atomic E-state index is 4.85. The number of nitrogens with zero attached hydrogens (tertiary/aromatic N) is 1. The minimum Gasteiger partial charge on any atom is -0.256 e. The van der Waals surface area contributed by atoms with Gasteiger partial charge in [-0.3, -0.25) is 4.98 Å². The number of hydrogen-bond donors (Lipinski definition) is 0. The van der Waals surface area contributed by atoms with Crippen LogP contribution in [0.15, 0.2) is 109 Å². The molecule has 0 fully saturated rings. The van der Waals surface area contributed by atoms with Gasteiger partial charge in [0.05, 0.1) is 5.69 Å². The zero-order valence-corrected chi connectivity index (χ0v) is 20.7. The molecule has 0 radical (unpaired) electrons. The van der Waals surface area contributed by atoms with Crippen molar-refractivity contribution < 1.29 is 0 Å². The van der Waals surface area contributed by atoms with Gasteiger partial charge in [-0.25, -0.2) is 0 Å². The first-order chi connectivity index (χ1) is 17.4. The van der Waals surface area contributed by atoms with Crippen LogP contribution in [0.4, 0.5) is 0 Å². The molecule has 1 aliphatic carbocycles. The van der Waals surface area contributed by atoms with Crippen molar-refractivity contribution in [1.29, 1.82) is 0 Å². The second-order valence-corrected chi connectivity index (χ2v) is 11.2. The van der Waals surface area contributed by atoms with Gasteiger partial charge in [-0.2, -0.15) is 0 Å². The number of benzene rings is 3. The van der Waals surface area contributed by atoms with Gasteiger partial charge in [0, 0.05) is 16.8 Å². The summed E-state index contributed by atoms with van der Waals surface area (Å²) >= 11 is 0. The summed E-state index contributed by atoms with van der Waals surface area (Å²) in [7, 11) is -0.645. The molecule has 0 bridgehead atoms. The first kappa shape index (κ1) is 21.8. The Kier molecular flexibility index (Phi) is 6.18. The number of fused-ring (bicyclic) bond motifs is 1. The fourth-order valence-electron chi connectivity index (χ4n) is 5.23. The molecule has 35 heavy (non-hydrogen) atoms. The highest BCUT2D eigenvalue weighted by Crippen LogP contribution is 2.61. The van der Waals surface area contributed by atoms with E-state index < -0.39 is 7.53 Å². The van der Waals surface area contributed by atoms with Crippen molar-refractivity contribution in [2.75, 3.05) is 0 Å². The van der Waals surface area contributed by atoms with Crippen molar-refractivity contribution in [2.24, 2.45) is 0 Å². The van der Waals surface area contributed by atoms with Crippen LogP contribution in [0, 0.1) is 0 Å². The topological polar surface area (TPSA) is 12.9 Å². The summed E-state index contributed by atoms with van der Waals surface area (Å²) < 4.78 is 0. The lowest BCUT2D eigenvalue weighted by Crippen LogP contribution is -2.01. The molecule has 1 unspecified atom stereocenters. The van der Waals surface area contributed by atoms with Crippen LogP contribution in [0.5, 0.6) is 0 Å². The minimum atomic E-state index is -0.645. The highest BCUT2D eigenvalue weighted by molar-refractivity contribution is 7.63. The monoisotopic (exact) mass is 469 g/mol. The third kappa shape index (κ3) is 4.41. The molecule has 0 aliphatic heterocycles. The summed E-state index contributed by atoms with van der Waals surface area (Å²) in [5.74, 6) is 0. The van der Waals surface area contributed by atoms with Gasteiger partial charge < -0.3 is 0 Å². The Labute approximate surface area is 208 Å². The predicted octanol–water partition coefficient (Wildman–Crippen LogP) is 9.44. The van der Waals surface area contributed by atoms with Crippen LogP contribution in [0.2, 0.25) is 0 Å². The van der Waals surface area contributed by atoms with Crippen molar-refractivity contribution in [3.05, 3.63) is 132 Å². The van der Waals surface area contributed by atoms with Gasteiger partial charge in [-0.05, 0) is 70.9 Å². The molecule has 0 spiro atoms. The fourth-order valence-corrected chi connectivity index (χ4v) is 8.24. The van der Waals surface area contributed by atoms with Crippen molar-refractivity contribution in [2.45, 2.75) is 25.7 Å². The Morgan fingerprint density at radius 2 is 1.17 bits per heavy atom. The first-order valence-corrected chi connectivity index (χ1v) is 13.8. The molecule has 5 aromatic rings. The SMILES string of the molecule is C(=C\c1ccc(-c2c3c(c(-c4ccccn4)p2-c2ccccc2)CCCC3)cc1)/c1ccccc1. The molecule has 0 saturated heterocycles. The Bertz CT molecular complexity index is 1450. The Morgan fingerprint density at radius 3 is 1.83 bits per heavy atom. The zero-order chi connectivity index (χ0) is 23.5. The lowest BCUT2D eigenvalue weighted by molar-refractivity contribution is 0.692. The molecule has 2 heterocycles. The zero-order valence-electron chi connectivity index (χ0n) is 19.8. The van der Waals surface area contributed by atoms with Crippen LogP contribution in [-0.2, 0) is 12.8 Å². The van der Waals surface area contributed by atoms with Crippen molar-refractivity contribution in [3.8, 4) is 27.2 Å². The summed E-state index contributed by atoms with van der Waals surface area (Å²) in [6, 6.07) is 37.1. The lowest BCUT2D eigenvalue weighted by atomic mass is 9.90. The Hall–Kier alpha value is -3.67. The van der Waals surface area contributed by atoms with Gasteiger partial charge in [0.1, 0.15) is 0 Å². The summed E-state index contributed by atoms with van der Waals surface area (Å²) in [5, 5.41) is 4.44. The average Bonchev–Trinajstić information content (AvgIpc) is 3.29. The number of rotatable bonds is 5. The van der Waals surface area contributed by atoms with E-state index >= 15 is 0 Å².